The Bertz CT molecular complexity index is 696. The van der Waals surface area contributed by atoms with Crippen LogP contribution in [0.2, 0.25) is 0 Å². The van der Waals surface area contributed by atoms with E-state index in [1.165, 1.54) is 11.6 Å². The number of guanidine groups is 1. The molecule has 5 heteroatoms. The Hall–Kier alpha value is -2.43. The van der Waals surface area contributed by atoms with Gasteiger partial charge in [0.05, 0.1) is 0 Å². The van der Waals surface area contributed by atoms with Crippen molar-refractivity contribution in [2.45, 2.75) is 24.7 Å². The first-order chi connectivity index (χ1) is 11.7. The summed E-state index contributed by atoms with van der Waals surface area (Å²) in [5, 5.41) is 6.70. The zero-order valence-electron chi connectivity index (χ0n) is 13.9. The van der Waals surface area contributed by atoms with E-state index in [2.05, 4.69) is 26.7 Å². The minimum atomic E-state index is -0.169. The molecule has 1 aromatic heterocycles. The fraction of sp³-hybridized carbons (Fsp3) is 0.368. The van der Waals surface area contributed by atoms with E-state index in [1.54, 1.807) is 25.4 Å². The van der Waals surface area contributed by atoms with E-state index in [-0.39, 0.29) is 11.2 Å². The van der Waals surface area contributed by atoms with Crippen molar-refractivity contribution in [3.63, 3.8) is 0 Å². The third-order valence-corrected chi connectivity index (χ3v) is 4.54. The standard InChI is InChI=1S/C19H23FN4/c1-21-18(23-11-7-15-4-3-10-22-13-15)24-14-19(8-9-19)16-5-2-6-17(20)12-16/h2-6,10,12-13H,7-9,11,14H2,1H3,(H2,21,23,24). The molecule has 0 spiro atoms. The second kappa shape index (κ2) is 7.43. The number of aromatic nitrogens is 1. The van der Waals surface area contributed by atoms with E-state index >= 15 is 0 Å². The molecule has 1 fully saturated rings. The Labute approximate surface area is 142 Å². The average Bonchev–Trinajstić information content (AvgIpc) is 3.40. The van der Waals surface area contributed by atoms with Crippen LogP contribution >= 0.6 is 0 Å². The van der Waals surface area contributed by atoms with Crippen molar-refractivity contribution in [1.29, 1.82) is 0 Å². The monoisotopic (exact) mass is 326 g/mol. The smallest absolute Gasteiger partial charge is 0.191 e. The number of benzene rings is 1. The highest BCUT2D eigenvalue weighted by molar-refractivity contribution is 5.79. The molecule has 4 nitrogen and oxygen atoms in total. The van der Waals surface area contributed by atoms with Crippen LogP contribution in [0, 0.1) is 5.82 Å². The number of rotatable bonds is 6. The van der Waals surface area contributed by atoms with Crippen molar-refractivity contribution < 1.29 is 4.39 Å². The Kier molecular flexibility index (Phi) is 5.08. The van der Waals surface area contributed by atoms with Gasteiger partial charge < -0.3 is 10.6 Å². The Morgan fingerprint density at radius 1 is 1.25 bits per heavy atom. The van der Waals surface area contributed by atoms with E-state index in [0.717, 1.165) is 43.9 Å². The Morgan fingerprint density at radius 2 is 2.12 bits per heavy atom. The lowest BCUT2D eigenvalue weighted by Crippen LogP contribution is -2.42. The van der Waals surface area contributed by atoms with Gasteiger partial charge in [0.1, 0.15) is 5.82 Å². The molecule has 24 heavy (non-hydrogen) atoms. The first-order valence-electron chi connectivity index (χ1n) is 8.31. The summed E-state index contributed by atoms with van der Waals surface area (Å²) in [5.74, 6) is 0.610. The summed E-state index contributed by atoms with van der Waals surface area (Å²) in [7, 11) is 1.77. The molecule has 0 saturated heterocycles. The van der Waals surface area contributed by atoms with Gasteiger partial charge in [-0.2, -0.15) is 0 Å². The summed E-state index contributed by atoms with van der Waals surface area (Å²) in [5.41, 5.74) is 2.31. The van der Waals surface area contributed by atoms with Gasteiger partial charge >= 0.3 is 0 Å². The highest BCUT2D eigenvalue weighted by Crippen LogP contribution is 2.47. The maximum Gasteiger partial charge on any atom is 0.191 e. The SMILES string of the molecule is CN=C(NCCc1cccnc1)NCC1(c2cccc(F)c2)CC1. The van der Waals surface area contributed by atoms with Crippen LogP contribution < -0.4 is 10.6 Å². The zero-order chi connectivity index (χ0) is 16.8. The van der Waals surface area contributed by atoms with Crippen LogP contribution in [-0.2, 0) is 11.8 Å². The summed E-state index contributed by atoms with van der Waals surface area (Å²) < 4.78 is 13.5. The van der Waals surface area contributed by atoms with E-state index in [9.17, 15) is 4.39 Å². The molecule has 126 valence electrons. The molecule has 2 aromatic rings. The van der Waals surface area contributed by atoms with Crippen LogP contribution in [0.25, 0.3) is 0 Å². The third kappa shape index (κ3) is 4.10. The van der Waals surface area contributed by atoms with Crippen LogP contribution in [0.1, 0.15) is 24.0 Å². The van der Waals surface area contributed by atoms with Crippen molar-refractivity contribution in [2.24, 2.45) is 4.99 Å². The molecule has 1 heterocycles. The highest BCUT2D eigenvalue weighted by Gasteiger charge is 2.44. The van der Waals surface area contributed by atoms with Gasteiger partial charge in [-0.05, 0) is 48.6 Å². The molecule has 0 aliphatic heterocycles. The fourth-order valence-corrected chi connectivity index (χ4v) is 2.88. The average molecular weight is 326 g/mol. The molecule has 0 bridgehead atoms. The molecule has 0 unspecified atom stereocenters. The topological polar surface area (TPSA) is 49.3 Å². The number of nitrogens with zero attached hydrogens (tertiary/aromatic N) is 2. The quantitative estimate of drug-likeness (QED) is 0.634. The summed E-state index contributed by atoms with van der Waals surface area (Å²) in [6.45, 7) is 1.56. The lowest BCUT2D eigenvalue weighted by atomic mass is 9.96. The van der Waals surface area contributed by atoms with Gasteiger partial charge in [0.2, 0.25) is 0 Å². The van der Waals surface area contributed by atoms with E-state index < -0.39 is 0 Å². The van der Waals surface area contributed by atoms with Crippen LogP contribution in [0.15, 0.2) is 53.8 Å². The molecule has 1 aliphatic carbocycles. The lowest BCUT2D eigenvalue weighted by molar-refractivity contribution is 0.607. The lowest BCUT2D eigenvalue weighted by Gasteiger charge is -2.19. The molecule has 3 rings (SSSR count). The summed E-state index contributed by atoms with van der Waals surface area (Å²) in [4.78, 5) is 8.38. The number of nitrogens with one attached hydrogen (secondary N) is 2. The molecule has 0 amide bonds. The van der Waals surface area contributed by atoms with Crippen molar-refractivity contribution in [2.75, 3.05) is 20.1 Å². The number of pyridine rings is 1. The van der Waals surface area contributed by atoms with Gasteiger partial charge in [-0.3, -0.25) is 9.98 Å². The van der Waals surface area contributed by atoms with Gasteiger partial charge in [0, 0.05) is 37.9 Å². The molecular weight excluding hydrogens is 303 g/mol. The first kappa shape index (κ1) is 16.4. The van der Waals surface area contributed by atoms with Crippen LogP contribution in [0.4, 0.5) is 4.39 Å². The van der Waals surface area contributed by atoms with Crippen LogP contribution in [-0.4, -0.2) is 31.1 Å². The van der Waals surface area contributed by atoms with Crippen molar-refractivity contribution in [1.82, 2.24) is 15.6 Å². The molecular formula is C19H23FN4. The molecule has 2 N–H and O–H groups in total. The van der Waals surface area contributed by atoms with E-state index in [1.807, 2.05) is 18.3 Å². The third-order valence-electron chi connectivity index (χ3n) is 4.54. The van der Waals surface area contributed by atoms with Crippen LogP contribution in [0.3, 0.4) is 0 Å². The number of halogens is 1. The summed E-state index contributed by atoms with van der Waals surface area (Å²) in [6.07, 6.45) is 6.70. The largest absolute Gasteiger partial charge is 0.356 e. The summed E-state index contributed by atoms with van der Waals surface area (Å²) in [6, 6.07) is 10.9. The number of hydrogen-bond donors (Lipinski definition) is 2. The second-order valence-corrected chi connectivity index (χ2v) is 6.25. The van der Waals surface area contributed by atoms with Crippen molar-refractivity contribution in [3.05, 3.63) is 65.7 Å². The van der Waals surface area contributed by atoms with Crippen LogP contribution in [0.5, 0.6) is 0 Å². The Morgan fingerprint density at radius 3 is 2.79 bits per heavy atom. The molecule has 1 aliphatic rings. The number of hydrogen-bond acceptors (Lipinski definition) is 2. The van der Waals surface area contributed by atoms with Gasteiger partial charge in [0.15, 0.2) is 5.96 Å². The zero-order valence-corrected chi connectivity index (χ0v) is 13.9. The predicted molar refractivity (Wildman–Crippen MR) is 94.6 cm³/mol. The maximum atomic E-state index is 13.5. The van der Waals surface area contributed by atoms with Gasteiger partial charge in [-0.15, -0.1) is 0 Å². The molecule has 1 saturated carbocycles. The van der Waals surface area contributed by atoms with Crippen molar-refractivity contribution >= 4 is 5.96 Å². The first-order valence-corrected chi connectivity index (χ1v) is 8.31. The summed E-state index contributed by atoms with van der Waals surface area (Å²) >= 11 is 0. The molecule has 0 atom stereocenters. The van der Waals surface area contributed by atoms with E-state index in [0.29, 0.717) is 0 Å². The van der Waals surface area contributed by atoms with Crippen molar-refractivity contribution in [3.8, 4) is 0 Å². The van der Waals surface area contributed by atoms with E-state index in [4.69, 9.17) is 0 Å². The normalized spacial score (nSPS) is 15.8. The predicted octanol–water partition coefficient (Wildman–Crippen LogP) is 2.66. The Balaban J connectivity index is 1.49. The molecule has 0 radical (unpaired) electrons. The minimum absolute atomic E-state index is 0.0447. The fourth-order valence-electron chi connectivity index (χ4n) is 2.88. The highest BCUT2D eigenvalue weighted by atomic mass is 19.1. The maximum absolute atomic E-state index is 13.5. The van der Waals surface area contributed by atoms with Gasteiger partial charge in [-0.1, -0.05) is 18.2 Å². The molecule has 1 aromatic carbocycles. The second-order valence-electron chi connectivity index (χ2n) is 6.25. The van der Waals surface area contributed by atoms with Gasteiger partial charge in [-0.25, -0.2) is 4.39 Å². The number of aliphatic imine (C=N–C) groups is 1. The van der Waals surface area contributed by atoms with Gasteiger partial charge in [0.25, 0.3) is 0 Å². The minimum Gasteiger partial charge on any atom is -0.356 e.